The molecule has 2 nitrogen and oxygen atoms in total. The van der Waals surface area contributed by atoms with E-state index in [1.54, 1.807) is 0 Å². The first-order valence-corrected chi connectivity index (χ1v) is 10.6. The molecule has 0 saturated carbocycles. The standard InChI is InChI=1S/C24H29NOS/c1-14(2)22-16(4)25(23(27-22)24(5,6)7)19-13-18-17-10-8-9-11-20(17)26-21(18)12-15(19)3/h8-14,23H,1-7H3. The van der Waals surface area contributed by atoms with Crippen LogP contribution in [0.1, 0.15) is 47.1 Å². The first-order valence-electron chi connectivity index (χ1n) is 9.77. The molecule has 0 saturated heterocycles. The number of benzene rings is 2. The summed E-state index contributed by atoms with van der Waals surface area (Å²) in [5.74, 6) is 0.545. The van der Waals surface area contributed by atoms with Gasteiger partial charge in [0.1, 0.15) is 11.2 Å². The lowest BCUT2D eigenvalue weighted by molar-refractivity contribution is 0.395. The zero-order valence-electron chi connectivity index (χ0n) is 17.4. The smallest absolute Gasteiger partial charge is 0.135 e. The fraction of sp³-hybridized carbons (Fsp3) is 0.417. The molecule has 2 aromatic carbocycles. The molecule has 3 aromatic rings. The number of nitrogens with zero attached hydrogens (tertiary/aromatic N) is 1. The molecule has 1 aliphatic heterocycles. The van der Waals surface area contributed by atoms with Gasteiger partial charge in [-0.2, -0.15) is 0 Å². The summed E-state index contributed by atoms with van der Waals surface area (Å²) in [6.07, 6.45) is 0. The molecule has 4 rings (SSSR count). The van der Waals surface area contributed by atoms with Crippen LogP contribution in [-0.2, 0) is 0 Å². The molecular formula is C24H29NOS. The minimum absolute atomic E-state index is 0.169. The molecule has 0 aliphatic carbocycles. The van der Waals surface area contributed by atoms with E-state index in [9.17, 15) is 0 Å². The van der Waals surface area contributed by atoms with Crippen molar-refractivity contribution in [1.29, 1.82) is 0 Å². The molecule has 0 amide bonds. The van der Waals surface area contributed by atoms with Crippen LogP contribution in [0.2, 0.25) is 0 Å². The second-order valence-corrected chi connectivity index (χ2v) is 10.2. The highest BCUT2D eigenvalue weighted by atomic mass is 32.2. The summed E-state index contributed by atoms with van der Waals surface area (Å²) in [4.78, 5) is 4.07. The lowest BCUT2D eigenvalue weighted by atomic mass is 9.94. The molecule has 0 fully saturated rings. The van der Waals surface area contributed by atoms with Gasteiger partial charge in [0.05, 0.1) is 5.37 Å². The van der Waals surface area contributed by atoms with Gasteiger partial charge in [-0.25, -0.2) is 0 Å². The van der Waals surface area contributed by atoms with Crippen molar-refractivity contribution in [2.75, 3.05) is 4.90 Å². The van der Waals surface area contributed by atoms with Gasteiger partial charge in [-0.15, -0.1) is 11.8 Å². The zero-order chi connectivity index (χ0) is 19.5. The maximum Gasteiger partial charge on any atom is 0.135 e. The van der Waals surface area contributed by atoms with E-state index in [-0.39, 0.29) is 5.41 Å². The molecule has 27 heavy (non-hydrogen) atoms. The number of allylic oxidation sites excluding steroid dienone is 2. The lowest BCUT2D eigenvalue weighted by Gasteiger charge is -2.37. The van der Waals surface area contributed by atoms with Crippen molar-refractivity contribution in [2.24, 2.45) is 11.3 Å². The monoisotopic (exact) mass is 379 g/mol. The number of aryl methyl sites for hydroxylation is 1. The van der Waals surface area contributed by atoms with Gasteiger partial charge in [-0.3, -0.25) is 0 Å². The Kier molecular flexibility index (Phi) is 4.34. The van der Waals surface area contributed by atoms with E-state index < -0.39 is 0 Å². The normalized spacial score (nSPS) is 18.5. The van der Waals surface area contributed by atoms with Crippen LogP contribution in [-0.4, -0.2) is 5.37 Å². The predicted octanol–water partition coefficient (Wildman–Crippen LogP) is 7.71. The molecule has 0 bridgehead atoms. The van der Waals surface area contributed by atoms with E-state index in [1.165, 1.54) is 32.6 Å². The Hall–Kier alpha value is -1.87. The first kappa shape index (κ1) is 18.5. The molecule has 2 heterocycles. The van der Waals surface area contributed by atoms with Crippen LogP contribution in [0.15, 0.2) is 51.4 Å². The third-order valence-corrected chi connectivity index (χ3v) is 7.57. The highest BCUT2D eigenvalue weighted by Gasteiger charge is 2.40. The molecule has 1 aromatic heterocycles. The van der Waals surface area contributed by atoms with Gasteiger partial charge >= 0.3 is 0 Å². The van der Waals surface area contributed by atoms with Gasteiger partial charge in [0.25, 0.3) is 0 Å². The number of hydrogen-bond acceptors (Lipinski definition) is 3. The van der Waals surface area contributed by atoms with Gasteiger partial charge in [-0.1, -0.05) is 52.8 Å². The average molecular weight is 380 g/mol. The van der Waals surface area contributed by atoms with Gasteiger partial charge in [0, 0.05) is 27.1 Å². The Morgan fingerprint density at radius 3 is 2.37 bits per heavy atom. The van der Waals surface area contributed by atoms with Gasteiger partial charge < -0.3 is 9.32 Å². The van der Waals surface area contributed by atoms with Gasteiger partial charge in [0.15, 0.2) is 0 Å². The van der Waals surface area contributed by atoms with Gasteiger partial charge in [-0.05, 0) is 48.9 Å². The maximum absolute atomic E-state index is 6.10. The summed E-state index contributed by atoms with van der Waals surface area (Å²) in [5.41, 5.74) is 6.06. The SMILES string of the molecule is CC1=C(C(C)C)SC(C(C)(C)C)N1c1cc2c(cc1C)oc1ccccc12. The second kappa shape index (κ2) is 6.34. The molecule has 0 N–H and O–H groups in total. The van der Waals surface area contributed by atoms with Crippen LogP contribution < -0.4 is 4.90 Å². The van der Waals surface area contributed by atoms with Crippen molar-refractivity contribution in [2.45, 2.75) is 53.8 Å². The lowest BCUT2D eigenvalue weighted by Crippen LogP contribution is -2.38. The van der Waals surface area contributed by atoms with Crippen molar-refractivity contribution in [3.8, 4) is 0 Å². The Bertz CT molecular complexity index is 1050. The summed E-state index contributed by atoms with van der Waals surface area (Å²) in [5, 5.41) is 2.79. The number of para-hydroxylation sites is 1. The number of fused-ring (bicyclic) bond motifs is 3. The number of anilines is 1. The minimum Gasteiger partial charge on any atom is -0.456 e. The number of furan rings is 1. The van der Waals surface area contributed by atoms with E-state index >= 15 is 0 Å². The van der Waals surface area contributed by atoms with Crippen LogP contribution in [0, 0.1) is 18.3 Å². The van der Waals surface area contributed by atoms with Crippen LogP contribution in [0.3, 0.4) is 0 Å². The average Bonchev–Trinajstić information content (AvgIpc) is 3.11. The Labute approximate surface area is 166 Å². The highest BCUT2D eigenvalue weighted by molar-refractivity contribution is 8.04. The molecular weight excluding hydrogens is 350 g/mol. The van der Waals surface area contributed by atoms with E-state index in [4.69, 9.17) is 4.42 Å². The molecule has 1 unspecified atom stereocenters. The zero-order valence-corrected chi connectivity index (χ0v) is 18.2. The Balaban J connectivity index is 1.95. The highest BCUT2D eigenvalue weighted by Crippen LogP contribution is 2.51. The van der Waals surface area contributed by atoms with Crippen LogP contribution in [0.5, 0.6) is 0 Å². The molecule has 3 heteroatoms. The fourth-order valence-corrected chi connectivity index (χ4v) is 5.61. The molecule has 0 radical (unpaired) electrons. The third kappa shape index (κ3) is 2.97. The van der Waals surface area contributed by atoms with Crippen LogP contribution >= 0.6 is 11.8 Å². The summed E-state index contributed by atoms with van der Waals surface area (Å²) < 4.78 is 6.10. The largest absolute Gasteiger partial charge is 0.456 e. The number of thioether (sulfide) groups is 1. The third-order valence-electron chi connectivity index (χ3n) is 5.41. The first-order chi connectivity index (χ1) is 12.7. The minimum atomic E-state index is 0.169. The van der Waals surface area contributed by atoms with E-state index in [0.717, 1.165) is 11.2 Å². The maximum atomic E-state index is 6.10. The van der Waals surface area contributed by atoms with E-state index in [1.807, 2.05) is 17.8 Å². The number of rotatable bonds is 2. The summed E-state index contributed by atoms with van der Waals surface area (Å²) in [7, 11) is 0. The van der Waals surface area contributed by atoms with Crippen molar-refractivity contribution < 1.29 is 4.42 Å². The van der Waals surface area contributed by atoms with Crippen molar-refractivity contribution in [3.05, 3.63) is 52.6 Å². The second-order valence-electron chi connectivity index (χ2n) is 9.04. The van der Waals surface area contributed by atoms with E-state index in [2.05, 4.69) is 83.7 Å². The Morgan fingerprint density at radius 2 is 1.70 bits per heavy atom. The summed E-state index contributed by atoms with van der Waals surface area (Å²) in [6, 6.07) is 12.9. The summed E-state index contributed by atoms with van der Waals surface area (Å²) in [6.45, 7) is 16.1. The molecule has 0 spiro atoms. The van der Waals surface area contributed by atoms with Crippen LogP contribution in [0.4, 0.5) is 5.69 Å². The van der Waals surface area contributed by atoms with Crippen LogP contribution in [0.25, 0.3) is 21.9 Å². The number of hydrogen-bond donors (Lipinski definition) is 0. The van der Waals surface area contributed by atoms with Crippen molar-refractivity contribution in [1.82, 2.24) is 0 Å². The Morgan fingerprint density at radius 1 is 1.00 bits per heavy atom. The molecule has 142 valence electrons. The molecule has 1 aliphatic rings. The van der Waals surface area contributed by atoms with E-state index in [0.29, 0.717) is 11.3 Å². The predicted molar refractivity (Wildman–Crippen MR) is 119 cm³/mol. The quantitative estimate of drug-likeness (QED) is 0.454. The fourth-order valence-electron chi connectivity index (χ4n) is 4.10. The molecule has 1 atom stereocenters. The summed E-state index contributed by atoms with van der Waals surface area (Å²) >= 11 is 2.04. The topological polar surface area (TPSA) is 16.4 Å². The van der Waals surface area contributed by atoms with Crippen molar-refractivity contribution in [3.63, 3.8) is 0 Å². The van der Waals surface area contributed by atoms with Crippen molar-refractivity contribution >= 4 is 39.4 Å². The van der Waals surface area contributed by atoms with Gasteiger partial charge in [0.2, 0.25) is 0 Å².